The van der Waals surface area contributed by atoms with Crippen LogP contribution < -0.4 is 0 Å². The maximum Gasteiger partial charge on any atom is 0.283 e. The Hall–Kier alpha value is -5.20. The molecule has 0 radical (unpaired) electrons. The Kier molecular flexibility index (Phi) is 8.65. The van der Waals surface area contributed by atoms with Crippen molar-refractivity contribution < 1.29 is 49.4 Å². The van der Waals surface area contributed by atoms with Crippen LogP contribution in [0.2, 0.25) is 18.1 Å². The quantitative estimate of drug-likeness (QED) is 0.0687. The van der Waals surface area contributed by atoms with Gasteiger partial charge in [-0.1, -0.05) is 26.8 Å². The molecule has 0 saturated carbocycles. The van der Waals surface area contributed by atoms with E-state index in [-0.39, 0.29) is 44.1 Å². The van der Waals surface area contributed by atoms with Crippen LogP contribution in [0.15, 0.2) is 59.8 Å². The van der Waals surface area contributed by atoms with Gasteiger partial charge in [0.05, 0.1) is 58.3 Å². The number of fused-ring (bicyclic) bond motifs is 10. The Balaban J connectivity index is 1.29. The molecule has 55 heavy (non-hydrogen) atoms. The Labute approximate surface area is 314 Å². The van der Waals surface area contributed by atoms with Crippen LogP contribution >= 0.6 is 0 Å². The number of imide groups is 1. The lowest BCUT2D eigenvalue weighted by Gasteiger charge is -2.41. The van der Waals surface area contributed by atoms with Crippen molar-refractivity contribution in [1.29, 1.82) is 0 Å². The third-order valence-electron chi connectivity index (χ3n) is 11.2. The van der Waals surface area contributed by atoms with Crippen LogP contribution in [-0.2, 0) is 15.8 Å². The molecule has 1 fully saturated rings. The molecule has 0 aliphatic carbocycles. The third kappa shape index (κ3) is 5.71. The van der Waals surface area contributed by atoms with E-state index in [9.17, 15) is 40.2 Å². The van der Waals surface area contributed by atoms with Gasteiger partial charge in [0.2, 0.25) is 0 Å². The van der Waals surface area contributed by atoms with E-state index in [0.29, 0.717) is 39.5 Å². The molecule has 3 aromatic heterocycles. The second-order valence-corrected chi connectivity index (χ2v) is 20.5. The fraction of sp³-hybridized carbons (Fsp3) is 0.333. The van der Waals surface area contributed by atoms with Crippen molar-refractivity contribution in [3.8, 4) is 11.5 Å². The molecule has 15 nitrogen and oxygen atoms in total. The van der Waals surface area contributed by atoms with Crippen LogP contribution in [0.4, 0.5) is 0 Å². The van der Waals surface area contributed by atoms with Crippen LogP contribution in [0.25, 0.3) is 43.6 Å². The van der Waals surface area contributed by atoms with Crippen molar-refractivity contribution in [2.45, 2.75) is 76.2 Å². The number of aromatic hydroxyl groups is 2. The van der Waals surface area contributed by atoms with Crippen LogP contribution in [0.1, 0.15) is 59.0 Å². The van der Waals surface area contributed by atoms with Gasteiger partial charge >= 0.3 is 0 Å². The highest BCUT2D eigenvalue weighted by atomic mass is 28.4. The van der Waals surface area contributed by atoms with Gasteiger partial charge in [-0.3, -0.25) is 14.6 Å². The van der Waals surface area contributed by atoms with E-state index in [1.54, 1.807) is 24.4 Å². The highest BCUT2D eigenvalue weighted by Gasteiger charge is 2.47. The predicted molar refractivity (Wildman–Crippen MR) is 205 cm³/mol. The second kappa shape index (κ2) is 12.9. The molecule has 5 heterocycles. The minimum absolute atomic E-state index is 0.0104. The zero-order valence-corrected chi connectivity index (χ0v) is 31.7. The van der Waals surface area contributed by atoms with Crippen molar-refractivity contribution >= 4 is 70.0 Å². The molecule has 0 bridgehead atoms. The van der Waals surface area contributed by atoms with Gasteiger partial charge in [0.25, 0.3) is 11.8 Å². The van der Waals surface area contributed by atoms with E-state index >= 15 is 0 Å². The fourth-order valence-electron chi connectivity index (χ4n) is 7.26. The van der Waals surface area contributed by atoms with Gasteiger partial charge in [-0.2, -0.15) is 10.1 Å². The van der Waals surface area contributed by atoms with Gasteiger partial charge in [-0.15, -0.1) is 0 Å². The predicted octanol–water partition coefficient (Wildman–Crippen LogP) is 4.36. The number of H-pyrrole nitrogens is 1. The molecule has 16 heteroatoms. The molecule has 8 rings (SSSR count). The number of hydrogen-bond donors (Lipinski definition) is 7. The summed E-state index contributed by atoms with van der Waals surface area (Å²) in [6, 6.07) is 12.4. The summed E-state index contributed by atoms with van der Waals surface area (Å²) in [5, 5.41) is 70.4. The number of phenolic OH excluding ortho intramolecular Hbond substituents is 2. The van der Waals surface area contributed by atoms with Crippen molar-refractivity contribution in [2.24, 2.45) is 5.10 Å². The lowest BCUT2D eigenvalue weighted by Crippen LogP contribution is -2.56. The van der Waals surface area contributed by atoms with Gasteiger partial charge < -0.3 is 49.4 Å². The number of aromatic nitrogens is 3. The molecule has 0 spiro atoms. The summed E-state index contributed by atoms with van der Waals surface area (Å²) in [7, 11) is -1.99. The molecular formula is C39H41N5O10Si. The van der Waals surface area contributed by atoms with Gasteiger partial charge in [0, 0.05) is 39.9 Å². The molecule has 2 aliphatic rings. The lowest BCUT2D eigenvalue weighted by atomic mass is 9.96. The van der Waals surface area contributed by atoms with Crippen molar-refractivity contribution in [3.05, 3.63) is 77.1 Å². The largest absolute Gasteiger partial charge is 0.508 e. The number of hydrogen-bond acceptors (Lipinski definition) is 12. The molecule has 6 aromatic rings. The molecule has 286 valence electrons. The van der Waals surface area contributed by atoms with Crippen LogP contribution in [0.3, 0.4) is 0 Å². The Bertz CT molecular complexity index is 2570. The minimum Gasteiger partial charge on any atom is -0.508 e. The van der Waals surface area contributed by atoms with Gasteiger partial charge in [-0.05, 0) is 54.0 Å². The number of nitrogens with one attached hydrogen (secondary N) is 1. The van der Waals surface area contributed by atoms with Gasteiger partial charge in [0.1, 0.15) is 35.9 Å². The first-order valence-corrected chi connectivity index (χ1v) is 20.7. The van der Waals surface area contributed by atoms with Crippen molar-refractivity contribution in [1.82, 2.24) is 19.5 Å². The van der Waals surface area contributed by atoms with Gasteiger partial charge in [-0.25, -0.2) is 0 Å². The minimum atomic E-state index is -1.99. The summed E-state index contributed by atoms with van der Waals surface area (Å²) in [5.41, 5.74) is 2.50. The number of aliphatic hydroxyl groups is 4. The fourth-order valence-corrected chi connectivity index (χ4v) is 8.22. The number of amides is 2. The van der Waals surface area contributed by atoms with Crippen LogP contribution in [0.5, 0.6) is 11.5 Å². The molecule has 5 atom stereocenters. The average molecular weight is 768 g/mol. The number of rotatable bonds is 7. The number of pyridine rings is 1. The number of phenols is 2. The van der Waals surface area contributed by atoms with Crippen molar-refractivity contribution in [2.75, 3.05) is 6.61 Å². The molecular weight excluding hydrogens is 727 g/mol. The van der Waals surface area contributed by atoms with Crippen LogP contribution in [-0.4, -0.2) is 108 Å². The first-order valence-electron chi connectivity index (χ1n) is 17.8. The smallest absolute Gasteiger partial charge is 0.283 e. The number of hydrazone groups is 1. The average Bonchev–Trinajstić information content (AvgIpc) is 3.75. The Morgan fingerprint density at radius 3 is 2.25 bits per heavy atom. The maximum atomic E-state index is 14.5. The van der Waals surface area contributed by atoms with E-state index in [2.05, 4.69) is 48.9 Å². The van der Waals surface area contributed by atoms with E-state index in [1.165, 1.54) is 35.0 Å². The number of aromatic amines is 1. The Morgan fingerprint density at radius 2 is 1.60 bits per heavy atom. The SMILES string of the molecule is CC(C)(C)[Si](C)(C)OCc1ccc(/C=N/N2C(=O)c3c(c4c5ccc(O)cc5n([C@@H]5O[C@H](CO)[C@@H](O)[C@H](O)[C@H]5O)c4c4[nH]c5cc(O)ccc5c34)C2=O)nc1. The maximum absolute atomic E-state index is 14.5. The third-order valence-corrected chi connectivity index (χ3v) is 15.7. The normalized spacial score (nSPS) is 22.3. The number of aliphatic hydroxyl groups excluding tert-OH is 4. The lowest BCUT2D eigenvalue weighted by molar-refractivity contribution is -0.249. The van der Waals surface area contributed by atoms with E-state index < -0.39 is 57.4 Å². The molecule has 2 amide bonds. The Morgan fingerprint density at radius 1 is 0.927 bits per heavy atom. The highest BCUT2D eigenvalue weighted by Crippen LogP contribution is 2.48. The topological polar surface area (TPSA) is 223 Å². The second-order valence-electron chi connectivity index (χ2n) is 15.7. The van der Waals surface area contributed by atoms with Crippen LogP contribution in [0, 0.1) is 0 Å². The number of carbonyl (C=O) groups is 2. The summed E-state index contributed by atoms with van der Waals surface area (Å²) < 4.78 is 13.8. The van der Waals surface area contributed by atoms with E-state index in [0.717, 1.165) is 10.6 Å². The standard InChI is InChI=1S/C39H41N5O10Si/c1-39(2,3)55(4,5)53-17-18-6-7-19(40-14-18)15-41-44-36(51)29-27-22-10-8-20(46)12-24(22)42-31(27)32-28(30(29)37(44)52)23-11-9-21(47)13-25(23)43(32)38-35(50)34(49)33(48)26(16-45)54-38/h6-15,26,33-35,38,42,45-50H,16-17H2,1-5H3/b41-15+/t26-,33-,34+,35-,38-/m1/s1. The monoisotopic (exact) mass is 767 g/mol. The molecule has 7 N–H and O–H groups in total. The summed E-state index contributed by atoms with van der Waals surface area (Å²) in [6.45, 7) is 10.5. The van der Waals surface area contributed by atoms with Gasteiger partial charge in [0.15, 0.2) is 14.5 Å². The number of nitrogens with zero attached hydrogens (tertiary/aromatic N) is 4. The molecule has 3 aromatic carbocycles. The highest BCUT2D eigenvalue weighted by molar-refractivity contribution is 6.74. The first-order chi connectivity index (χ1) is 26.0. The summed E-state index contributed by atoms with van der Waals surface area (Å²) in [5.74, 6) is -1.71. The zero-order valence-electron chi connectivity index (χ0n) is 30.7. The number of carbonyl (C=O) groups excluding carboxylic acids is 2. The molecule has 1 saturated heterocycles. The summed E-state index contributed by atoms with van der Waals surface area (Å²) >= 11 is 0. The number of benzene rings is 3. The van der Waals surface area contributed by atoms with E-state index in [1.807, 2.05) is 6.07 Å². The summed E-state index contributed by atoms with van der Waals surface area (Å²) in [6.07, 6.45) is -4.90. The number of ether oxygens (including phenoxy) is 1. The van der Waals surface area contributed by atoms with Crippen molar-refractivity contribution in [3.63, 3.8) is 0 Å². The zero-order chi connectivity index (χ0) is 39.3. The summed E-state index contributed by atoms with van der Waals surface area (Å²) in [4.78, 5) is 36.7. The first kappa shape index (κ1) is 36.8. The van der Waals surface area contributed by atoms with E-state index in [4.69, 9.17) is 9.16 Å². The molecule has 0 unspecified atom stereocenters. The molecule has 2 aliphatic heterocycles.